The summed E-state index contributed by atoms with van der Waals surface area (Å²) < 4.78 is 36.6. The SMILES string of the molecule is CC(C)(CN)CNc1nnc(C(F)(F)F)s1. The third kappa shape index (κ3) is 3.60. The summed E-state index contributed by atoms with van der Waals surface area (Å²) in [6.07, 6.45) is -4.43. The monoisotopic (exact) mass is 254 g/mol. The van der Waals surface area contributed by atoms with E-state index in [0.29, 0.717) is 24.4 Å². The molecule has 0 aliphatic heterocycles. The zero-order chi connectivity index (χ0) is 12.4. The minimum atomic E-state index is -4.43. The lowest BCUT2D eigenvalue weighted by atomic mass is 9.94. The summed E-state index contributed by atoms with van der Waals surface area (Å²) in [5.41, 5.74) is 5.30. The molecule has 0 atom stereocenters. The van der Waals surface area contributed by atoms with Crippen LogP contribution in [0.1, 0.15) is 18.9 Å². The highest BCUT2D eigenvalue weighted by Crippen LogP contribution is 2.33. The minimum absolute atomic E-state index is 0.161. The Morgan fingerprint density at radius 1 is 1.31 bits per heavy atom. The van der Waals surface area contributed by atoms with Gasteiger partial charge in [-0.05, 0) is 12.0 Å². The van der Waals surface area contributed by atoms with Crippen molar-refractivity contribution in [3.05, 3.63) is 5.01 Å². The largest absolute Gasteiger partial charge is 0.445 e. The highest BCUT2D eigenvalue weighted by Gasteiger charge is 2.35. The lowest BCUT2D eigenvalue weighted by Gasteiger charge is -2.21. The van der Waals surface area contributed by atoms with Crippen molar-refractivity contribution in [2.24, 2.45) is 11.1 Å². The molecule has 0 aliphatic rings. The molecule has 0 aliphatic carbocycles. The van der Waals surface area contributed by atoms with Gasteiger partial charge in [0.2, 0.25) is 10.1 Å². The molecule has 0 saturated carbocycles. The van der Waals surface area contributed by atoms with E-state index in [1.165, 1.54) is 0 Å². The fourth-order valence-electron chi connectivity index (χ4n) is 0.796. The molecule has 0 unspecified atom stereocenters. The zero-order valence-corrected chi connectivity index (χ0v) is 9.74. The number of nitrogens with two attached hydrogens (primary N) is 1. The summed E-state index contributed by atoms with van der Waals surface area (Å²) in [6, 6.07) is 0. The van der Waals surface area contributed by atoms with E-state index in [0.717, 1.165) is 0 Å². The smallest absolute Gasteiger partial charge is 0.359 e. The second-order valence-electron chi connectivity index (χ2n) is 4.13. The van der Waals surface area contributed by atoms with Crippen molar-refractivity contribution in [3.8, 4) is 0 Å². The lowest BCUT2D eigenvalue weighted by molar-refractivity contribution is -0.138. The molecular formula is C8H13F3N4S. The molecule has 1 heterocycles. The van der Waals surface area contributed by atoms with Gasteiger partial charge in [0.15, 0.2) is 0 Å². The first-order chi connectivity index (χ1) is 7.24. The van der Waals surface area contributed by atoms with E-state index in [-0.39, 0.29) is 10.5 Å². The summed E-state index contributed by atoms with van der Waals surface area (Å²) in [5, 5.41) is 8.49. The van der Waals surface area contributed by atoms with E-state index >= 15 is 0 Å². The Bertz CT molecular complexity index is 347. The van der Waals surface area contributed by atoms with E-state index in [9.17, 15) is 13.2 Å². The molecule has 8 heteroatoms. The van der Waals surface area contributed by atoms with E-state index < -0.39 is 11.2 Å². The van der Waals surface area contributed by atoms with E-state index in [2.05, 4.69) is 15.5 Å². The molecule has 0 aromatic carbocycles. The number of halogens is 3. The maximum atomic E-state index is 12.2. The van der Waals surface area contributed by atoms with Crippen LogP contribution in [0.4, 0.5) is 18.3 Å². The van der Waals surface area contributed by atoms with Gasteiger partial charge in [0.25, 0.3) is 0 Å². The summed E-state index contributed by atoms with van der Waals surface area (Å²) in [5.74, 6) is 0. The Balaban J connectivity index is 2.60. The van der Waals surface area contributed by atoms with E-state index in [4.69, 9.17) is 5.73 Å². The average Bonchev–Trinajstić information content (AvgIpc) is 2.63. The van der Waals surface area contributed by atoms with Gasteiger partial charge in [0.05, 0.1) is 0 Å². The number of hydrogen-bond acceptors (Lipinski definition) is 5. The van der Waals surface area contributed by atoms with Crippen molar-refractivity contribution >= 4 is 16.5 Å². The molecule has 4 nitrogen and oxygen atoms in total. The topological polar surface area (TPSA) is 63.8 Å². The Morgan fingerprint density at radius 2 is 1.94 bits per heavy atom. The van der Waals surface area contributed by atoms with Gasteiger partial charge in [-0.2, -0.15) is 13.2 Å². The Labute approximate surface area is 95.1 Å². The second kappa shape index (κ2) is 4.54. The number of aromatic nitrogens is 2. The first kappa shape index (κ1) is 13.2. The number of nitrogens with zero attached hydrogens (tertiary/aromatic N) is 2. The van der Waals surface area contributed by atoms with Crippen LogP contribution in [-0.4, -0.2) is 23.3 Å². The molecule has 0 spiro atoms. The van der Waals surface area contributed by atoms with Crippen LogP contribution in [0, 0.1) is 5.41 Å². The van der Waals surface area contributed by atoms with Crippen LogP contribution in [-0.2, 0) is 6.18 Å². The molecular weight excluding hydrogens is 241 g/mol. The molecule has 1 aromatic heterocycles. The number of hydrogen-bond donors (Lipinski definition) is 2. The standard InChI is InChI=1S/C8H13F3N4S/c1-7(2,3-12)4-13-6-15-14-5(16-6)8(9,10)11/h3-4,12H2,1-2H3,(H,13,15). The lowest BCUT2D eigenvalue weighted by Crippen LogP contribution is -2.31. The number of nitrogens with one attached hydrogen (secondary N) is 1. The van der Waals surface area contributed by atoms with Crippen LogP contribution in [0.5, 0.6) is 0 Å². The quantitative estimate of drug-likeness (QED) is 0.862. The van der Waals surface area contributed by atoms with Crippen LogP contribution in [0.3, 0.4) is 0 Å². The van der Waals surface area contributed by atoms with Gasteiger partial charge in [-0.15, -0.1) is 10.2 Å². The Hall–Kier alpha value is -0.890. The van der Waals surface area contributed by atoms with Crippen molar-refractivity contribution in [1.82, 2.24) is 10.2 Å². The Kier molecular flexibility index (Phi) is 3.74. The van der Waals surface area contributed by atoms with Crippen molar-refractivity contribution in [2.75, 3.05) is 18.4 Å². The van der Waals surface area contributed by atoms with Gasteiger partial charge < -0.3 is 11.1 Å². The highest BCUT2D eigenvalue weighted by atomic mass is 32.1. The molecule has 0 amide bonds. The molecule has 16 heavy (non-hydrogen) atoms. The maximum Gasteiger partial charge on any atom is 0.445 e. The molecule has 0 fully saturated rings. The van der Waals surface area contributed by atoms with Crippen LogP contribution in [0.2, 0.25) is 0 Å². The van der Waals surface area contributed by atoms with Crippen molar-refractivity contribution in [2.45, 2.75) is 20.0 Å². The van der Waals surface area contributed by atoms with Gasteiger partial charge in [0, 0.05) is 6.54 Å². The normalized spacial score (nSPS) is 12.9. The molecule has 92 valence electrons. The molecule has 0 bridgehead atoms. The van der Waals surface area contributed by atoms with Crippen molar-refractivity contribution < 1.29 is 13.2 Å². The van der Waals surface area contributed by atoms with Crippen LogP contribution in [0.15, 0.2) is 0 Å². The van der Waals surface area contributed by atoms with Gasteiger partial charge in [-0.1, -0.05) is 25.2 Å². The van der Waals surface area contributed by atoms with Gasteiger partial charge >= 0.3 is 6.18 Å². The fraction of sp³-hybridized carbons (Fsp3) is 0.750. The molecule has 0 saturated heterocycles. The molecule has 3 N–H and O–H groups in total. The molecule has 0 radical (unpaired) electrons. The van der Waals surface area contributed by atoms with Crippen LogP contribution in [0.25, 0.3) is 0 Å². The zero-order valence-electron chi connectivity index (χ0n) is 8.93. The minimum Gasteiger partial charge on any atom is -0.359 e. The number of alkyl halides is 3. The van der Waals surface area contributed by atoms with E-state index in [1.54, 1.807) is 0 Å². The van der Waals surface area contributed by atoms with Gasteiger partial charge in [-0.25, -0.2) is 0 Å². The average molecular weight is 254 g/mol. The number of anilines is 1. The first-order valence-corrected chi connectivity index (χ1v) is 5.41. The maximum absolute atomic E-state index is 12.2. The van der Waals surface area contributed by atoms with Crippen LogP contribution >= 0.6 is 11.3 Å². The fourth-order valence-corrected chi connectivity index (χ4v) is 1.40. The third-order valence-corrected chi connectivity index (χ3v) is 2.86. The summed E-state index contributed by atoms with van der Waals surface area (Å²) >= 11 is 0.492. The Morgan fingerprint density at radius 3 is 2.38 bits per heavy atom. The third-order valence-electron chi connectivity index (χ3n) is 1.94. The van der Waals surface area contributed by atoms with Crippen LogP contribution < -0.4 is 11.1 Å². The molecule has 1 aromatic rings. The summed E-state index contributed by atoms with van der Waals surface area (Å²) in [6.45, 7) is 4.71. The van der Waals surface area contributed by atoms with Crippen molar-refractivity contribution in [3.63, 3.8) is 0 Å². The molecule has 1 rings (SSSR count). The second-order valence-corrected chi connectivity index (χ2v) is 5.11. The summed E-state index contributed by atoms with van der Waals surface area (Å²) in [7, 11) is 0. The summed E-state index contributed by atoms with van der Waals surface area (Å²) in [4.78, 5) is 0. The van der Waals surface area contributed by atoms with Gasteiger partial charge in [-0.3, -0.25) is 0 Å². The predicted molar refractivity (Wildman–Crippen MR) is 56.2 cm³/mol. The predicted octanol–water partition coefficient (Wildman–Crippen LogP) is 1.95. The highest BCUT2D eigenvalue weighted by molar-refractivity contribution is 7.15. The first-order valence-electron chi connectivity index (χ1n) is 4.59. The van der Waals surface area contributed by atoms with Gasteiger partial charge in [0.1, 0.15) is 0 Å². The van der Waals surface area contributed by atoms with Crippen molar-refractivity contribution in [1.29, 1.82) is 0 Å². The van der Waals surface area contributed by atoms with E-state index in [1.807, 2.05) is 13.8 Å². The number of rotatable bonds is 4.